The lowest BCUT2D eigenvalue weighted by Crippen LogP contribution is -2.74. The minimum Gasteiger partial charge on any atom is -0.423 e. The second-order valence-corrected chi connectivity index (χ2v) is 11.8. The SMILES string of the molecule is CCCCCCC(CCc1ccc(OC(=O)c2ccc(C(F)(F)C(F)(F)C(F)(F)C(F)(F)C(F)(F)C(F)(F)C(F)(F)C(F)(F)F)cc2)cc1)C(F)(F)F. The molecule has 0 heterocycles. The first-order chi connectivity index (χ1) is 23.8. The number of unbranched alkanes of at least 4 members (excludes halogenated alkanes) is 3. The molecule has 302 valence electrons. The number of esters is 1. The first-order valence-electron chi connectivity index (χ1n) is 15.0. The van der Waals surface area contributed by atoms with Gasteiger partial charge in [-0.3, -0.25) is 0 Å². The lowest BCUT2D eigenvalue weighted by molar-refractivity contribution is -0.462. The third kappa shape index (κ3) is 8.59. The van der Waals surface area contributed by atoms with Crippen LogP contribution in [0.3, 0.4) is 0 Å². The molecule has 0 bridgehead atoms. The van der Waals surface area contributed by atoms with Crippen molar-refractivity contribution in [1.29, 1.82) is 0 Å². The first-order valence-corrected chi connectivity index (χ1v) is 15.0. The van der Waals surface area contributed by atoms with Crippen LogP contribution in [-0.2, 0) is 12.3 Å². The number of hydrogen-bond acceptors (Lipinski definition) is 2. The van der Waals surface area contributed by atoms with Gasteiger partial charge in [0.1, 0.15) is 5.75 Å². The van der Waals surface area contributed by atoms with Crippen molar-refractivity contribution in [3.05, 3.63) is 65.2 Å². The fraction of sp³-hybridized carbons (Fsp3) is 0.581. The Hall–Kier alpha value is -3.49. The van der Waals surface area contributed by atoms with Crippen LogP contribution in [0.15, 0.2) is 48.5 Å². The van der Waals surface area contributed by atoms with E-state index in [-0.39, 0.29) is 49.3 Å². The van der Waals surface area contributed by atoms with Gasteiger partial charge < -0.3 is 4.74 Å². The van der Waals surface area contributed by atoms with Crippen molar-refractivity contribution < 1.29 is 97.3 Å². The number of hydrogen-bond donors (Lipinski definition) is 0. The maximum absolute atomic E-state index is 14.6. The monoisotopic (exact) mass is 810 g/mol. The van der Waals surface area contributed by atoms with Crippen LogP contribution in [-0.4, -0.2) is 53.9 Å². The van der Waals surface area contributed by atoms with E-state index in [0.29, 0.717) is 18.4 Å². The Morgan fingerprint density at radius 3 is 1.43 bits per heavy atom. The fourth-order valence-corrected chi connectivity index (χ4v) is 4.68. The molecule has 2 nitrogen and oxygen atoms in total. The average molecular weight is 811 g/mol. The fourth-order valence-electron chi connectivity index (χ4n) is 4.68. The predicted octanol–water partition coefficient (Wildman–Crippen LogP) is 12.5. The molecule has 0 N–H and O–H groups in total. The van der Waals surface area contributed by atoms with Crippen LogP contribution in [0.1, 0.15) is 66.9 Å². The highest BCUT2D eigenvalue weighted by molar-refractivity contribution is 5.91. The highest BCUT2D eigenvalue weighted by atomic mass is 19.4. The summed E-state index contributed by atoms with van der Waals surface area (Å²) >= 11 is 0. The molecule has 1 unspecified atom stereocenters. The van der Waals surface area contributed by atoms with Gasteiger partial charge in [-0.05, 0) is 49.1 Å². The zero-order valence-electron chi connectivity index (χ0n) is 26.5. The number of benzene rings is 2. The van der Waals surface area contributed by atoms with Crippen LogP contribution in [0.2, 0.25) is 0 Å². The smallest absolute Gasteiger partial charge is 0.423 e. The summed E-state index contributed by atoms with van der Waals surface area (Å²) in [4.78, 5) is 12.4. The molecule has 2 rings (SSSR count). The molecule has 0 spiro atoms. The molecule has 0 aliphatic rings. The van der Waals surface area contributed by atoms with Crippen molar-refractivity contribution in [2.45, 2.75) is 106 Å². The molecule has 0 fully saturated rings. The lowest BCUT2D eigenvalue weighted by atomic mass is 9.87. The molecule has 0 saturated heterocycles. The number of carbonyl (C=O) groups is 1. The molecule has 53 heavy (non-hydrogen) atoms. The van der Waals surface area contributed by atoms with Crippen molar-refractivity contribution in [2.75, 3.05) is 0 Å². The predicted molar refractivity (Wildman–Crippen MR) is 144 cm³/mol. The molecule has 0 aliphatic carbocycles. The summed E-state index contributed by atoms with van der Waals surface area (Å²) in [6.45, 7) is 1.88. The topological polar surface area (TPSA) is 26.3 Å². The van der Waals surface area contributed by atoms with Crippen LogP contribution in [0, 0.1) is 5.92 Å². The van der Waals surface area contributed by atoms with Gasteiger partial charge in [0.05, 0.1) is 11.5 Å². The standard InChI is InChI=1S/C31H26F20O2/c1-2-3-4-5-6-20(24(34,35)36)12-7-17-8-15-21(16-9-17)53-22(52)18-10-13-19(14-11-18)23(32,33)25(37,38)26(39,40)27(41,42)28(43,44)29(45,46)30(47,48)31(49,50)51/h8-11,13-16,20H,2-7,12H2,1H3. The largest absolute Gasteiger partial charge is 0.460 e. The molecule has 0 aromatic heterocycles. The summed E-state index contributed by atoms with van der Waals surface area (Å²) in [5, 5.41) is 0. The second-order valence-electron chi connectivity index (χ2n) is 11.8. The third-order valence-electron chi connectivity index (χ3n) is 7.99. The Labute approximate surface area is 286 Å². The Balaban J connectivity index is 2.25. The molecule has 0 amide bonds. The van der Waals surface area contributed by atoms with Gasteiger partial charge in [-0.1, -0.05) is 56.9 Å². The maximum Gasteiger partial charge on any atom is 0.460 e. The quantitative estimate of drug-likeness (QED) is 0.0689. The number of aryl methyl sites for hydroxylation is 1. The number of halogens is 20. The highest BCUT2D eigenvalue weighted by Gasteiger charge is 2.95. The van der Waals surface area contributed by atoms with Gasteiger partial charge in [0, 0.05) is 5.56 Å². The Bertz CT molecular complexity index is 1510. The molecular weight excluding hydrogens is 784 g/mol. The van der Waals surface area contributed by atoms with Crippen LogP contribution in [0.5, 0.6) is 5.75 Å². The van der Waals surface area contributed by atoms with Crippen LogP contribution < -0.4 is 4.74 Å². The van der Waals surface area contributed by atoms with Gasteiger partial charge in [0.2, 0.25) is 0 Å². The van der Waals surface area contributed by atoms with Crippen molar-refractivity contribution in [3.63, 3.8) is 0 Å². The molecule has 0 aliphatic heterocycles. The first kappa shape index (κ1) is 45.7. The third-order valence-corrected chi connectivity index (χ3v) is 7.99. The molecule has 0 radical (unpaired) electrons. The summed E-state index contributed by atoms with van der Waals surface area (Å²) in [5.74, 6) is -61.0. The summed E-state index contributed by atoms with van der Waals surface area (Å²) in [6.07, 6.45) is -10.2. The molecule has 2 aromatic rings. The number of ether oxygens (including phenoxy) is 1. The van der Waals surface area contributed by atoms with Gasteiger partial charge >= 0.3 is 59.8 Å². The molecule has 2 aromatic carbocycles. The molecule has 22 heteroatoms. The van der Waals surface area contributed by atoms with Crippen molar-refractivity contribution in [2.24, 2.45) is 5.92 Å². The maximum atomic E-state index is 14.6. The number of carbonyl (C=O) groups excluding carboxylic acids is 1. The van der Waals surface area contributed by atoms with Gasteiger partial charge in [0.25, 0.3) is 0 Å². The summed E-state index contributed by atoms with van der Waals surface area (Å²) in [7, 11) is 0. The minimum absolute atomic E-state index is 0.0580. The van der Waals surface area contributed by atoms with Crippen LogP contribution in [0.4, 0.5) is 87.8 Å². The summed E-state index contributed by atoms with van der Waals surface area (Å²) < 4.78 is 276. The van der Waals surface area contributed by atoms with E-state index in [1.54, 1.807) is 0 Å². The van der Waals surface area contributed by atoms with E-state index in [0.717, 1.165) is 25.0 Å². The van der Waals surface area contributed by atoms with Crippen LogP contribution in [0.25, 0.3) is 0 Å². The van der Waals surface area contributed by atoms with E-state index in [4.69, 9.17) is 4.74 Å². The molecular formula is C31H26F20O2. The Morgan fingerprint density at radius 1 is 0.547 bits per heavy atom. The van der Waals surface area contributed by atoms with E-state index < -0.39 is 76.8 Å². The van der Waals surface area contributed by atoms with Crippen molar-refractivity contribution in [3.8, 4) is 5.75 Å². The van der Waals surface area contributed by atoms with Crippen molar-refractivity contribution in [1.82, 2.24) is 0 Å². The zero-order chi connectivity index (χ0) is 41.3. The van der Waals surface area contributed by atoms with Crippen molar-refractivity contribution >= 4 is 5.97 Å². The highest BCUT2D eigenvalue weighted by Crippen LogP contribution is 2.65. The number of rotatable bonds is 17. The van der Waals surface area contributed by atoms with E-state index >= 15 is 0 Å². The molecule has 0 saturated carbocycles. The molecule has 1 atom stereocenters. The van der Waals surface area contributed by atoms with E-state index in [9.17, 15) is 92.6 Å². The van der Waals surface area contributed by atoms with Gasteiger partial charge in [-0.15, -0.1) is 0 Å². The van der Waals surface area contributed by atoms with Gasteiger partial charge in [-0.2, -0.15) is 87.8 Å². The summed E-state index contributed by atoms with van der Waals surface area (Å²) in [5.41, 5.74) is -3.01. The number of alkyl halides is 20. The van der Waals surface area contributed by atoms with Crippen LogP contribution >= 0.6 is 0 Å². The Morgan fingerprint density at radius 2 is 1.00 bits per heavy atom. The Kier molecular flexibility index (Phi) is 13.2. The van der Waals surface area contributed by atoms with E-state index in [1.807, 2.05) is 6.92 Å². The normalized spacial score (nSPS) is 15.0. The van der Waals surface area contributed by atoms with Gasteiger partial charge in [0.15, 0.2) is 0 Å². The zero-order valence-corrected chi connectivity index (χ0v) is 26.5. The van der Waals surface area contributed by atoms with Gasteiger partial charge in [-0.25, -0.2) is 4.79 Å². The van der Waals surface area contributed by atoms with E-state index in [1.165, 1.54) is 12.1 Å². The summed E-state index contributed by atoms with van der Waals surface area (Å²) in [6, 6.07) is 4.15. The van der Waals surface area contributed by atoms with E-state index in [2.05, 4.69) is 0 Å². The second kappa shape index (κ2) is 15.3. The lowest BCUT2D eigenvalue weighted by Gasteiger charge is -2.42. The average Bonchev–Trinajstić information content (AvgIpc) is 3.03. The minimum atomic E-state index is -8.76.